The van der Waals surface area contributed by atoms with Crippen molar-refractivity contribution in [1.29, 1.82) is 0 Å². The van der Waals surface area contributed by atoms with Crippen molar-refractivity contribution in [3.05, 3.63) is 53.8 Å². The molecule has 0 radical (unpaired) electrons. The van der Waals surface area contributed by atoms with E-state index in [1.54, 1.807) is 48.8 Å². The zero-order chi connectivity index (χ0) is 14.4. The van der Waals surface area contributed by atoms with Crippen molar-refractivity contribution in [2.24, 2.45) is 0 Å². The summed E-state index contributed by atoms with van der Waals surface area (Å²) >= 11 is 5.89. The zero-order valence-electron chi connectivity index (χ0n) is 11.0. The number of nitrogens with zero attached hydrogens (tertiary/aromatic N) is 1. The molecule has 1 amide bonds. The number of hydrogen-bond acceptors (Lipinski definition) is 3. The Morgan fingerprint density at radius 3 is 2.90 bits per heavy atom. The summed E-state index contributed by atoms with van der Waals surface area (Å²) in [5, 5.41) is 3.34. The Hall–Kier alpha value is -2.07. The monoisotopic (exact) mass is 290 g/mol. The molecule has 0 bridgehead atoms. The van der Waals surface area contributed by atoms with Crippen LogP contribution in [-0.2, 0) is 4.79 Å². The van der Waals surface area contributed by atoms with Crippen LogP contribution in [0.1, 0.15) is 13.3 Å². The van der Waals surface area contributed by atoms with Gasteiger partial charge in [0.2, 0.25) is 0 Å². The SMILES string of the molecule is CCC(Oc1cccc(Cl)c1)C(=O)Nc1cccnc1. The number of ether oxygens (including phenoxy) is 1. The Balaban J connectivity index is 2.02. The molecule has 1 aromatic heterocycles. The van der Waals surface area contributed by atoms with Gasteiger partial charge in [-0.2, -0.15) is 0 Å². The van der Waals surface area contributed by atoms with Crippen LogP contribution in [-0.4, -0.2) is 17.0 Å². The van der Waals surface area contributed by atoms with Crippen molar-refractivity contribution in [3.8, 4) is 5.75 Å². The van der Waals surface area contributed by atoms with E-state index in [0.717, 1.165) is 0 Å². The molecule has 0 aliphatic rings. The van der Waals surface area contributed by atoms with E-state index in [9.17, 15) is 4.79 Å². The van der Waals surface area contributed by atoms with Gasteiger partial charge >= 0.3 is 0 Å². The summed E-state index contributed by atoms with van der Waals surface area (Å²) in [6, 6.07) is 10.5. The van der Waals surface area contributed by atoms with Gasteiger partial charge in [0.1, 0.15) is 5.75 Å². The van der Waals surface area contributed by atoms with Crippen LogP contribution in [0.15, 0.2) is 48.8 Å². The summed E-state index contributed by atoms with van der Waals surface area (Å²) < 4.78 is 5.66. The highest BCUT2D eigenvalue weighted by molar-refractivity contribution is 6.30. The van der Waals surface area contributed by atoms with E-state index in [2.05, 4.69) is 10.3 Å². The molecule has 0 aliphatic heterocycles. The second-order valence-corrected chi connectivity index (χ2v) is 4.64. The highest BCUT2D eigenvalue weighted by Crippen LogP contribution is 2.19. The predicted molar refractivity (Wildman–Crippen MR) is 79.0 cm³/mol. The van der Waals surface area contributed by atoms with Crippen molar-refractivity contribution in [3.63, 3.8) is 0 Å². The Bertz CT molecular complexity index is 575. The fourth-order valence-corrected chi connectivity index (χ4v) is 1.87. The summed E-state index contributed by atoms with van der Waals surface area (Å²) in [5.74, 6) is 0.367. The third-order valence-corrected chi connectivity index (χ3v) is 2.90. The quantitative estimate of drug-likeness (QED) is 0.916. The van der Waals surface area contributed by atoms with E-state index < -0.39 is 6.10 Å². The maximum absolute atomic E-state index is 12.1. The van der Waals surface area contributed by atoms with Crippen LogP contribution in [0.2, 0.25) is 5.02 Å². The van der Waals surface area contributed by atoms with Gasteiger partial charge in [-0.3, -0.25) is 9.78 Å². The second kappa shape index (κ2) is 6.91. The molecule has 1 aromatic carbocycles. The molecule has 0 spiro atoms. The third kappa shape index (κ3) is 3.96. The number of rotatable bonds is 5. The number of amides is 1. The van der Waals surface area contributed by atoms with Crippen LogP contribution in [0.25, 0.3) is 0 Å². The molecular formula is C15H15ClN2O2. The first kappa shape index (κ1) is 14.3. The van der Waals surface area contributed by atoms with E-state index in [1.807, 2.05) is 6.92 Å². The minimum Gasteiger partial charge on any atom is -0.481 e. The standard InChI is InChI=1S/C15H15ClN2O2/c1-2-14(20-13-7-3-5-11(16)9-13)15(19)18-12-6-4-8-17-10-12/h3-10,14H,2H2,1H3,(H,18,19). The lowest BCUT2D eigenvalue weighted by Crippen LogP contribution is -2.32. The first-order valence-electron chi connectivity index (χ1n) is 6.32. The van der Waals surface area contributed by atoms with Gasteiger partial charge < -0.3 is 10.1 Å². The van der Waals surface area contributed by atoms with Crippen LogP contribution in [0.4, 0.5) is 5.69 Å². The Morgan fingerprint density at radius 1 is 1.40 bits per heavy atom. The molecule has 1 N–H and O–H groups in total. The smallest absolute Gasteiger partial charge is 0.265 e. The first-order chi connectivity index (χ1) is 9.69. The van der Waals surface area contributed by atoms with Crippen molar-refractivity contribution < 1.29 is 9.53 Å². The average Bonchev–Trinajstić information content (AvgIpc) is 2.46. The van der Waals surface area contributed by atoms with E-state index in [-0.39, 0.29) is 5.91 Å². The number of aromatic nitrogens is 1. The molecule has 1 heterocycles. The molecule has 0 fully saturated rings. The molecule has 20 heavy (non-hydrogen) atoms. The largest absolute Gasteiger partial charge is 0.481 e. The van der Waals surface area contributed by atoms with Gasteiger partial charge in [-0.25, -0.2) is 0 Å². The van der Waals surface area contributed by atoms with E-state index >= 15 is 0 Å². The number of pyridine rings is 1. The molecule has 0 saturated carbocycles. The van der Waals surface area contributed by atoms with E-state index in [0.29, 0.717) is 22.9 Å². The molecule has 1 atom stereocenters. The fourth-order valence-electron chi connectivity index (χ4n) is 1.69. The van der Waals surface area contributed by atoms with E-state index in [1.165, 1.54) is 0 Å². The van der Waals surface area contributed by atoms with Crippen molar-refractivity contribution >= 4 is 23.2 Å². The van der Waals surface area contributed by atoms with Gasteiger partial charge in [0.25, 0.3) is 5.91 Å². The Labute approximate surface area is 122 Å². The van der Waals surface area contributed by atoms with Gasteiger partial charge in [0.15, 0.2) is 6.10 Å². The summed E-state index contributed by atoms with van der Waals surface area (Å²) in [5.41, 5.74) is 0.644. The third-order valence-electron chi connectivity index (χ3n) is 2.67. The fraction of sp³-hybridized carbons (Fsp3) is 0.200. The minimum atomic E-state index is -0.575. The summed E-state index contributed by atoms with van der Waals surface area (Å²) in [4.78, 5) is 16.1. The molecule has 2 aromatic rings. The number of hydrogen-bond donors (Lipinski definition) is 1. The first-order valence-corrected chi connectivity index (χ1v) is 6.70. The number of benzene rings is 1. The van der Waals surface area contributed by atoms with Gasteiger partial charge in [-0.05, 0) is 36.8 Å². The predicted octanol–water partition coefficient (Wildman–Crippen LogP) is 3.53. The summed E-state index contributed by atoms with van der Waals surface area (Å²) in [6.07, 6.45) is 3.21. The lowest BCUT2D eigenvalue weighted by atomic mass is 10.2. The van der Waals surface area contributed by atoms with Crippen molar-refractivity contribution in [2.45, 2.75) is 19.4 Å². The molecule has 5 heteroatoms. The molecule has 0 aliphatic carbocycles. The highest BCUT2D eigenvalue weighted by Gasteiger charge is 2.18. The van der Waals surface area contributed by atoms with Gasteiger partial charge in [0.05, 0.1) is 11.9 Å². The number of carbonyl (C=O) groups is 1. The zero-order valence-corrected chi connectivity index (χ0v) is 11.8. The molecule has 104 valence electrons. The molecular weight excluding hydrogens is 276 g/mol. The molecule has 4 nitrogen and oxygen atoms in total. The Morgan fingerprint density at radius 2 is 2.25 bits per heavy atom. The number of carbonyl (C=O) groups excluding carboxylic acids is 1. The lowest BCUT2D eigenvalue weighted by molar-refractivity contribution is -0.122. The van der Waals surface area contributed by atoms with Gasteiger partial charge in [-0.15, -0.1) is 0 Å². The number of halogens is 1. The second-order valence-electron chi connectivity index (χ2n) is 4.20. The van der Waals surface area contributed by atoms with Crippen LogP contribution in [0, 0.1) is 0 Å². The maximum Gasteiger partial charge on any atom is 0.265 e. The normalized spacial score (nSPS) is 11.7. The maximum atomic E-state index is 12.1. The van der Waals surface area contributed by atoms with Crippen LogP contribution >= 0.6 is 11.6 Å². The summed E-state index contributed by atoms with van der Waals surface area (Å²) in [6.45, 7) is 1.89. The molecule has 2 rings (SSSR count). The van der Waals surface area contributed by atoms with Crippen LogP contribution in [0.5, 0.6) is 5.75 Å². The highest BCUT2D eigenvalue weighted by atomic mass is 35.5. The van der Waals surface area contributed by atoms with Crippen molar-refractivity contribution in [2.75, 3.05) is 5.32 Å². The van der Waals surface area contributed by atoms with E-state index in [4.69, 9.17) is 16.3 Å². The van der Waals surface area contributed by atoms with Crippen LogP contribution in [0.3, 0.4) is 0 Å². The Kier molecular flexibility index (Phi) is 4.96. The number of nitrogens with one attached hydrogen (secondary N) is 1. The lowest BCUT2D eigenvalue weighted by Gasteiger charge is -2.17. The van der Waals surface area contributed by atoms with Crippen LogP contribution < -0.4 is 10.1 Å². The minimum absolute atomic E-state index is 0.208. The molecule has 0 saturated heterocycles. The average molecular weight is 291 g/mol. The topological polar surface area (TPSA) is 51.2 Å². The van der Waals surface area contributed by atoms with Crippen molar-refractivity contribution in [1.82, 2.24) is 4.98 Å². The summed E-state index contributed by atoms with van der Waals surface area (Å²) in [7, 11) is 0. The van der Waals surface area contributed by atoms with Gasteiger partial charge in [-0.1, -0.05) is 24.6 Å². The number of anilines is 1. The van der Waals surface area contributed by atoms with Gasteiger partial charge in [0, 0.05) is 11.2 Å². The molecule has 1 unspecified atom stereocenters.